The fraction of sp³-hybridized carbons (Fsp3) is 1.00. The monoisotopic (exact) mass is 245 g/mol. The molecule has 0 fully saturated rings. The number of rotatable bonds is 7. The molecule has 0 rings (SSSR count). The van der Waals surface area contributed by atoms with Gasteiger partial charge < -0.3 is 4.52 Å². The average molecular weight is 245 g/mol. The Kier molecular flexibility index (Phi) is 8.46. The van der Waals surface area contributed by atoms with Crippen LogP contribution in [-0.2, 0) is 16.3 Å². The lowest BCUT2D eigenvalue weighted by atomic mass is 10.9. The van der Waals surface area contributed by atoms with Crippen LogP contribution >= 0.6 is 28.8 Å². The molecule has 1 N–H and O–H groups in total. The maximum Gasteiger partial charge on any atom is 0.186 e. The van der Waals surface area contributed by atoms with Gasteiger partial charge in [0.1, 0.15) is 0 Å². The molecule has 1 atom stereocenters. The molecule has 0 aliphatic carbocycles. The smallest absolute Gasteiger partial charge is 0.186 e. The van der Waals surface area contributed by atoms with Crippen molar-refractivity contribution in [2.24, 2.45) is 0 Å². The molecule has 6 heteroatoms. The van der Waals surface area contributed by atoms with Gasteiger partial charge in [0, 0.05) is 5.08 Å². The SMILES string of the molecule is CCOP(=S)(NC)SCSCC. The minimum Gasteiger partial charge on any atom is -0.331 e. The van der Waals surface area contributed by atoms with E-state index in [1.54, 1.807) is 11.4 Å². The van der Waals surface area contributed by atoms with Crippen LogP contribution in [0.15, 0.2) is 0 Å². The van der Waals surface area contributed by atoms with Gasteiger partial charge in [0.25, 0.3) is 0 Å². The van der Waals surface area contributed by atoms with Crippen molar-refractivity contribution < 1.29 is 4.52 Å². The normalized spacial score (nSPS) is 15.9. The molecule has 0 saturated carbocycles. The summed E-state index contributed by atoms with van der Waals surface area (Å²) in [5.74, 6) is 1.14. The van der Waals surface area contributed by atoms with E-state index in [0.717, 1.165) is 10.8 Å². The topological polar surface area (TPSA) is 21.3 Å². The maximum atomic E-state index is 5.49. The molecule has 2 nitrogen and oxygen atoms in total. The third kappa shape index (κ3) is 5.84. The van der Waals surface area contributed by atoms with Gasteiger partial charge in [0.2, 0.25) is 0 Å². The zero-order valence-corrected chi connectivity index (χ0v) is 11.0. The number of nitrogens with one attached hydrogen (secondary N) is 1. The first-order valence-corrected chi connectivity index (χ1v) is 9.31. The van der Waals surface area contributed by atoms with Crippen molar-refractivity contribution in [3.63, 3.8) is 0 Å². The second-order valence-electron chi connectivity index (χ2n) is 1.88. The summed E-state index contributed by atoms with van der Waals surface area (Å²) < 4.78 is 5.49. The van der Waals surface area contributed by atoms with Crippen molar-refractivity contribution in [3.8, 4) is 0 Å². The number of hydrogen-bond donors (Lipinski definition) is 1. The summed E-state index contributed by atoms with van der Waals surface area (Å²) in [4.78, 5) is 0. The minimum atomic E-state index is -1.75. The van der Waals surface area contributed by atoms with E-state index in [-0.39, 0.29) is 0 Å². The molecular weight excluding hydrogens is 229 g/mol. The van der Waals surface area contributed by atoms with Crippen LogP contribution in [0.4, 0.5) is 0 Å². The highest BCUT2D eigenvalue weighted by atomic mass is 32.9. The Morgan fingerprint density at radius 1 is 1.50 bits per heavy atom. The summed E-state index contributed by atoms with van der Waals surface area (Å²) in [6.07, 6.45) is 0. The predicted octanol–water partition coefficient (Wildman–Crippen LogP) is 2.91. The second-order valence-corrected chi connectivity index (χ2v) is 10.3. The molecule has 12 heavy (non-hydrogen) atoms. The molecule has 0 aliphatic rings. The molecule has 0 aromatic heterocycles. The Morgan fingerprint density at radius 2 is 2.17 bits per heavy atom. The van der Waals surface area contributed by atoms with E-state index in [9.17, 15) is 0 Å². The molecule has 0 radical (unpaired) electrons. The molecule has 0 aliphatic heterocycles. The molecule has 0 aromatic rings. The minimum absolute atomic E-state index is 0.696. The van der Waals surface area contributed by atoms with Gasteiger partial charge >= 0.3 is 0 Å². The number of hydrogen-bond acceptors (Lipinski definition) is 4. The second kappa shape index (κ2) is 7.65. The summed E-state index contributed by atoms with van der Waals surface area (Å²) >= 11 is 8.95. The van der Waals surface area contributed by atoms with Crippen LogP contribution in [0.2, 0.25) is 0 Å². The van der Waals surface area contributed by atoms with Gasteiger partial charge in [-0.15, -0.1) is 0 Å². The summed E-state index contributed by atoms with van der Waals surface area (Å²) in [5, 5.41) is 4.11. The Morgan fingerprint density at radius 3 is 2.58 bits per heavy atom. The molecule has 0 heterocycles. The Balaban J connectivity index is 3.72. The molecule has 1 unspecified atom stereocenters. The van der Waals surface area contributed by atoms with Crippen molar-refractivity contribution in [2.45, 2.75) is 13.8 Å². The van der Waals surface area contributed by atoms with Gasteiger partial charge in [-0.1, -0.05) is 18.3 Å². The third-order valence-corrected chi connectivity index (χ3v) is 8.71. The molecule has 0 aromatic carbocycles. The summed E-state index contributed by atoms with van der Waals surface area (Å²) in [7, 11) is 1.88. The van der Waals surface area contributed by atoms with Gasteiger partial charge in [-0.2, -0.15) is 11.8 Å². The lowest BCUT2D eigenvalue weighted by Crippen LogP contribution is -2.03. The van der Waals surface area contributed by atoms with E-state index in [1.165, 1.54) is 0 Å². The third-order valence-electron chi connectivity index (χ3n) is 1.08. The molecular formula is C6H16NOPS3. The summed E-state index contributed by atoms with van der Waals surface area (Å²) in [6.45, 7) is 4.82. The highest BCUT2D eigenvalue weighted by Gasteiger charge is 2.14. The zero-order valence-electron chi connectivity index (χ0n) is 7.70. The van der Waals surface area contributed by atoms with Crippen LogP contribution in [0.3, 0.4) is 0 Å². The van der Waals surface area contributed by atoms with E-state index in [4.69, 9.17) is 16.3 Å². The van der Waals surface area contributed by atoms with Gasteiger partial charge in [0.05, 0.1) is 6.61 Å². The van der Waals surface area contributed by atoms with Crippen LogP contribution in [0.5, 0.6) is 0 Å². The van der Waals surface area contributed by atoms with Gasteiger partial charge in [0.15, 0.2) is 5.62 Å². The van der Waals surface area contributed by atoms with E-state index < -0.39 is 5.62 Å². The van der Waals surface area contributed by atoms with E-state index in [1.807, 2.05) is 25.7 Å². The lowest BCUT2D eigenvalue weighted by Gasteiger charge is -2.18. The summed E-state index contributed by atoms with van der Waals surface area (Å²) in [5.41, 5.74) is -1.75. The Bertz CT molecular complexity index is 156. The summed E-state index contributed by atoms with van der Waals surface area (Å²) in [6, 6.07) is 0. The average Bonchev–Trinajstić information content (AvgIpc) is 2.06. The van der Waals surface area contributed by atoms with Crippen LogP contribution in [-0.4, -0.2) is 24.5 Å². The standard InChI is InChI=1S/C6H16NOPS3/c1-4-8-9(10,7-3)12-6-11-5-2/h4-6H2,1-3H3,(H,7,10). The molecule has 0 saturated heterocycles. The van der Waals surface area contributed by atoms with Crippen LogP contribution in [0.1, 0.15) is 13.8 Å². The van der Waals surface area contributed by atoms with Crippen molar-refractivity contribution in [3.05, 3.63) is 0 Å². The van der Waals surface area contributed by atoms with Crippen LogP contribution in [0, 0.1) is 0 Å². The fourth-order valence-corrected chi connectivity index (χ4v) is 7.04. The van der Waals surface area contributed by atoms with Crippen molar-refractivity contribution >= 4 is 40.6 Å². The lowest BCUT2D eigenvalue weighted by molar-refractivity contribution is 0.381. The largest absolute Gasteiger partial charge is 0.331 e. The van der Waals surface area contributed by atoms with Crippen molar-refractivity contribution in [1.82, 2.24) is 5.09 Å². The molecule has 0 amide bonds. The predicted molar refractivity (Wildman–Crippen MR) is 65.6 cm³/mol. The molecule has 0 bridgehead atoms. The first-order chi connectivity index (χ1) is 5.68. The zero-order chi connectivity index (χ0) is 9.45. The van der Waals surface area contributed by atoms with E-state index in [0.29, 0.717) is 6.61 Å². The van der Waals surface area contributed by atoms with Gasteiger partial charge in [-0.05, 0) is 31.5 Å². The van der Waals surface area contributed by atoms with Gasteiger partial charge in [-0.3, -0.25) is 5.09 Å². The van der Waals surface area contributed by atoms with E-state index in [2.05, 4.69) is 12.0 Å². The van der Waals surface area contributed by atoms with Crippen molar-refractivity contribution in [1.29, 1.82) is 0 Å². The van der Waals surface area contributed by atoms with Crippen molar-refractivity contribution in [2.75, 3.05) is 24.5 Å². The Labute approximate surface area is 88.5 Å². The molecule has 74 valence electrons. The first-order valence-electron chi connectivity index (χ1n) is 3.84. The van der Waals surface area contributed by atoms with Crippen LogP contribution in [0.25, 0.3) is 0 Å². The highest BCUT2D eigenvalue weighted by molar-refractivity contribution is 8.70. The Hall–Kier alpha value is 1.27. The fourth-order valence-electron chi connectivity index (χ4n) is 0.526. The maximum absolute atomic E-state index is 5.49. The van der Waals surface area contributed by atoms with Crippen LogP contribution < -0.4 is 5.09 Å². The highest BCUT2D eigenvalue weighted by Crippen LogP contribution is 2.56. The first kappa shape index (κ1) is 13.3. The van der Waals surface area contributed by atoms with E-state index >= 15 is 0 Å². The quantitative estimate of drug-likeness (QED) is 0.422. The molecule has 0 spiro atoms. The van der Waals surface area contributed by atoms with Gasteiger partial charge in [-0.25, -0.2) is 0 Å². The number of thioether (sulfide) groups is 1.